The zero-order valence-corrected chi connectivity index (χ0v) is 23.0. The summed E-state index contributed by atoms with van der Waals surface area (Å²) in [4.78, 5) is 21.5. The summed E-state index contributed by atoms with van der Waals surface area (Å²) in [6, 6.07) is 7.71. The minimum atomic E-state index is -3.70. The van der Waals surface area contributed by atoms with Gasteiger partial charge in [0.25, 0.3) is 5.91 Å². The minimum absolute atomic E-state index is 0. The minimum Gasteiger partial charge on any atom is -0.379 e. The second kappa shape index (κ2) is 12.5. The number of fused-ring (bicyclic) bond motifs is 1. The zero-order chi connectivity index (χ0) is 25.9. The van der Waals surface area contributed by atoms with Gasteiger partial charge in [0.2, 0.25) is 10.0 Å². The molecule has 0 spiro atoms. The van der Waals surface area contributed by atoms with E-state index in [1.54, 1.807) is 0 Å². The van der Waals surface area contributed by atoms with Gasteiger partial charge in [-0.1, -0.05) is 25.2 Å². The molecule has 0 radical (unpaired) electrons. The van der Waals surface area contributed by atoms with Crippen molar-refractivity contribution in [2.24, 2.45) is 0 Å². The van der Waals surface area contributed by atoms with Crippen molar-refractivity contribution in [3.8, 4) is 0 Å². The summed E-state index contributed by atoms with van der Waals surface area (Å²) in [5, 5.41) is 0.247. The molecule has 3 aromatic rings. The molecule has 1 fully saturated rings. The first kappa shape index (κ1) is 29.3. The van der Waals surface area contributed by atoms with Crippen molar-refractivity contribution in [2.75, 3.05) is 57.4 Å². The molecule has 4 rings (SSSR count). The van der Waals surface area contributed by atoms with Crippen LogP contribution >= 0.6 is 23.7 Å². The van der Waals surface area contributed by atoms with Crippen LogP contribution < -0.4 is 4.90 Å². The van der Waals surface area contributed by atoms with E-state index < -0.39 is 27.6 Å². The third-order valence-electron chi connectivity index (χ3n) is 6.12. The molecule has 202 valence electrons. The summed E-state index contributed by atoms with van der Waals surface area (Å²) >= 11 is 1.03. The lowest BCUT2D eigenvalue weighted by atomic mass is 10.2. The molecule has 0 N–H and O–H groups in total. The lowest BCUT2D eigenvalue weighted by Crippen LogP contribution is -2.40. The Bertz CT molecular complexity index is 1330. The molecule has 0 unspecified atom stereocenters. The van der Waals surface area contributed by atoms with Crippen LogP contribution in [0.3, 0.4) is 0 Å². The number of benzene rings is 2. The SMILES string of the molecule is CCN(CC)CCN(C(=O)c1ccc(S(=O)(=O)N2CCOCC2)cc1)c1nc2c(F)cc(F)cc2s1.Cl. The fourth-order valence-electron chi connectivity index (χ4n) is 3.99. The van der Waals surface area contributed by atoms with Crippen LogP contribution in [0.5, 0.6) is 0 Å². The highest BCUT2D eigenvalue weighted by molar-refractivity contribution is 7.89. The lowest BCUT2D eigenvalue weighted by molar-refractivity contribution is 0.0730. The number of carbonyl (C=O) groups excluding carboxylic acids is 1. The van der Waals surface area contributed by atoms with Crippen LogP contribution in [0.4, 0.5) is 13.9 Å². The number of ether oxygens (including phenoxy) is 1. The van der Waals surface area contributed by atoms with E-state index in [0.29, 0.717) is 24.5 Å². The Morgan fingerprint density at radius 3 is 2.35 bits per heavy atom. The Balaban J connectivity index is 0.00000380. The predicted octanol–water partition coefficient (Wildman–Crippen LogP) is 4.01. The fraction of sp³-hybridized carbons (Fsp3) is 0.417. The van der Waals surface area contributed by atoms with Crippen LogP contribution in [0, 0.1) is 11.6 Å². The number of morpholine rings is 1. The summed E-state index contributed by atoms with van der Waals surface area (Å²) in [5.41, 5.74) is 0.269. The molecular formula is C24H29ClF2N4O4S2. The van der Waals surface area contributed by atoms with Gasteiger partial charge in [-0.2, -0.15) is 4.31 Å². The smallest absolute Gasteiger partial charge is 0.260 e. The highest BCUT2D eigenvalue weighted by Crippen LogP contribution is 2.32. The van der Waals surface area contributed by atoms with Crippen molar-refractivity contribution in [3.05, 3.63) is 53.6 Å². The molecule has 1 aliphatic heterocycles. The van der Waals surface area contributed by atoms with Gasteiger partial charge in [-0.3, -0.25) is 9.69 Å². The summed E-state index contributed by atoms with van der Waals surface area (Å²) < 4.78 is 60.8. The first-order valence-corrected chi connectivity index (χ1v) is 14.0. The average Bonchev–Trinajstić information content (AvgIpc) is 3.31. The largest absolute Gasteiger partial charge is 0.379 e. The quantitative estimate of drug-likeness (QED) is 0.384. The molecule has 1 aromatic heterocycles. The van der Waals surface area contributed by atoms with Crippen molar-refractivity contribution >= 4 is 55.0 Å². The first-order chi connectivity index (χ1) is 17.2. The van der Waals surface area contributed by atoms with E-state index in [1.807, 2.05) is 13.8 Å². The molecule has 1 aliphatic rings. The lowest BCUT2D eigenvalue weighted by Gasteiger charge is -2.26. The molecule has 13 heteroatoms. The van der Waals surface area contributed by atoms with E-state index in [1.165, 1.54) is 39.5 Å². The Kier molecular flexibility index (Phi) is 9.95. The average molecular weight is 575 g/mol. The number of aromatic nitrogens is 1. The third-order valence-corrected chi connectivity index (χ3v) is 9.06. The number of nitrogens with zero attached hydrogens (tertiary/aromatic N) is 4. The summed E-state index contributed by atoms with van der Waals surface area (Å²) in [5.74, 6) is -1.91. The monoisotopic (exact) mass is 574 g/mol. The third kappa shape index (κ3) is 6.44. The molecule has 1 amide bonds. The molecule has 0 saturated carbocycles. The molecule has 0 atom stereocenters. The van der Waals surface area contributed by atoms with Crippen LogP contribution in [0.25, 0.3) is 10.2 Å². The number of halogens is 3. The van der Waals surface area contributed by atoms with Crippen molar-refractivity contribution in [2.45, 2.75) is 18.7 Å². The number of hydrogen-bond donors (Lipinski definition) is 0. The molecule has 2 aromatic carbocycles. The maximum atomic E-state index is 14.3. The van der Waals surface area contributed by atoms with Crippen LogP contribution in [0.1, 0.15) is 24.2 Å². The number of sulfonamides is 1. The van der Waals surface area contributed by atoms with Crippen molar-refractivity contribution in [1.29, 1.82) is 0 Å². The summed E-state index contributed by atoms with van der Waals surface area (Å²) in [6.07, 6.45) is 0. The molecule has 0 aliphatic carbocycles. The number of hydrogen-bond acceptors (Lipinski definition) is 7. The molecule has 37 heavy (non-hydrogen) atoms. The van der Waals surface area contributed by atoms with E-state index in [-0.39, 0.29) is 53.1 Å². The molecular weight excluding hydrogens is 546 g/mol. The molecule has 8 nitrogen and oxygen atoms in total. The Labute approximate surface area is 225 Å². The van der Waals surface area contributed by atoms with Crippen LogP contribution in [0.15, 0.2) is 41.3 Å². The van der Waals surface area contributed by atoms with E-state index >= 15 is 0 Å². The Morgan fingerprint density at radius 1 is 1.08 bits per heavy atom. The summed E-state index contributed by atoms with van der Waals surface area (Å²) in [6.45, 7) is 7.64. The fourth-order valence-corrected chi connectivity index (χ4v) is 6.42. The van der Waals surface area contributed by atoms with Crippen LogP contribution in [-0.4, -0.2) is 81.0 Å². The topological polar surface area (TPSA) is 83.1 Å². The van der Waals surface area contributed by atoms with E-state index in [2.05, 4.69) is 9.88 Å². The zero-order valence-electron chi connectivity index (χ0n) is 20.5. The number of anilines is 1. The first-order valence-electron chi connectivity index (χ1n) is 11.7. The van der Waals surface area contributed by atoms with Crippen molar-refractivity contribution < 1.29 is 26.7 Å². The number of likely N-dealkylation sites (N-methyl/N-ethyl adjacent to an activating group) is 1. The van der Waals surface area contributed by atoms with Gasteiger partial charge in [0.1, 0.15) is 11.3 Å². The van der Waals surface area contributed by atoms with Gasteiger partial charge < -0.3 is 9.64 Å². The highest BCUT2D eigenvalue weighted by Gasteiger charge is 2.28. The maximum absolute atomic E-state index is 14.3. The molecule has 0 bridgehead atoms. The van der Waals surface area contributed by atoms with Gasteiger partial charge in [-0.15, -0.1) is 12.4 Å². The van der Waals surface area contributed by atoms with Gasteiger partial charge in [-0.25, -0.2) is 22.2 Å². The second-order valence-electron chi connectivity index (χ2n) is 8.26. The van der Waals surface area contributed by atoms with E-state index in [4.69, 9.17) is 4.74 Å². The number of thiazole rings is 1. The maximum Gasteiger partial charge on any atom is 0.260 e. The van der Waals surface area contributed by atoms with Gasteiger partial charge in [0.05, 0.1) is 22.8 Å². The van der Waals surface area contributed by atoms with Gasteiger partial charge >= 0.3 is 0 Å². The van der Waals surface area contributed by atoms with Crippen LogP contribution in [-0.2, 0) is 14.8 Å². The van der Waals surface area contributed by atoms with Gasteiger partial charge in [0, 0.05) is 37.8 Å². The highest BCUT2D eigenvalue weighted by atomic mass is 35.5. The van der Waals surface area contributed by atoms with Crippen LogP contribution in [0.2, 0.25) is 0 Å². The second-order valence-corrected chi connectivity index (χ2v) is 11.2. The van der Waals surface area contributed by atoms with E-state index in [9.17, 15) is 22.0 Å². The van der Waals surface area contributed by atoms with Crippen molar-refractivity contribution in [1.82, 2.24) is 14.2 Å². The van der Waals surface area contributed by atoms with Gasteiger partial charge in [-0.05, 0) is 43.4 Å². The van der Waals surface area contributed by atoms with Crippen molar-refractivity contribution in [3.63, 3.8) is 0 Å². The number of carbonyl (C=O) groups is 1. The summed E-state index contributed by atoms with van der Waals surface area (Å²) in [7, 11) is -3.70. The predicted molar refractivity (Wildman–Crippen MR) is 142 cm³/mol. The number of rotatable bonds is 9. The Morgan fingerprint density at radius 2 is 1.73 bits per heavy atom. The van der Waals surface area contributed by atoms with Gasteiger partial charge in [0.15, 0.2) is 10.9 Å². The number of amides is 1. The van der Waals surface area contributed by atoms with E-state index in [0.717, 1.165) is 30.5 Å². The standard InChI is InChI=1S/C24H28F2N4O4S2.ClH/c1-3-28(4-2)9-10-30(24-27-22-20(26)15-18(25)16-21(22)35-24)23(31)17-5-7-19(8-6-17)36(32,33)29-11-13-34-14-12-29;/h5-8,15-16H,3-4,9-14H2,1-2H3;1H. The normalized spacial score (nSPS) is 14.6. The Hall–Kier alpha value is -2.22. The molecule has 1 saturated heterocycles. The molecule has 2 heterocycles.